The fraction of sp³-hybridized carbons (Fsp3) is 1.00. The average molecular weight is 161 g/mol. The molecule has 1 rings (SSSR count). The van der Waals surface area contributed by atoms with Crippen LogP contribution in [0.1, 0.15) is 6.42 Å². The second-order valence-corrected chi connectivity index (χ2v) is 3.91. The molecule has 1 aliphatic heterocycles. The number of hydrogen-bond acceptors (Lipinski definition) is 3. The van der Waals surface area contributed by atoms with E-state index in [1.54, 1.807) is 7.11 Å². The van der Waals surface area contributed by atoms with Crippen LogP contribution in [0.4, 0.5) is 0 Å². The SMILES string of the molecule is COCCCSC1CNC1. The van der Waals surface area contributed by atoms with Gasteiger partial charge in [-0.15, -0.1) is 0 Å². The first-order chi connectivity index (χ1) is 4.93. The summed E-state index contributed by atoms with van der Waals surface area (Å²) in [6.07, 6.45) is 1.19. The molecule has 0 aromatic carbocycles. The van der Waals surface area contributed by atoms with Crippen molar-refractivity contribution in [3.8, 4) is 0 Å². The van der Waals surface area contributed by atoms with Gasteiger partial charge in [-0.2, -0.15) is 11.8 Å². The van der Waals surface area contributed by atoms with Gasteiger partial charge in [0.25, 0.3) is 0 Å². The van der Waals surface area contributed by atoms with Crippen molar-refractivity contribution in [1.29, 1.82) is 0 Å². The monoisotopic (exact) mass is 161 g/mol. The molecule has 2 nitrogen and oxygen atoms in total. The van der Waals surface area contributed by atoms with Crippen molar-refractivity contribution in [2.24, 2.45) is 0 Å². The van der Waals surface area contributed by atoms with Crippen LogP contribution in [0.25, 0.3) is 0 Å². The lowest BCUT2D eigenvalue weighted by molar-refractivity contribution is 0.200. The molecule has 0 aromatic rings. The van der Waals surface area contributed by atoms with Gasteiger partial charge in [-0.1, -0.05) is 0 Å². The quantitative estimate of drug-likeness (QED) is 0.601. The van der Waals surface area contributed by atoms with E-state index in [1.165, 1.54) is 25.3 Å². The zero-order valence-corrected chi connectivity index (χ0v) is 7.25. The third-order valence-corrected chi connectivity index (χ3v) is 2.92. The highest BCUT2D eigenvalue weighted by Gasteiger charge is 2.15. The summed E-state index contributed by atoms with van der Waals surface area (Å²) in [4.78, 5) is 0. The maximum atomic E-state index is 4.95. The summed E-state index contributed by atoms with van der Waals surface area (Å²) in [5.41, 5.74) is 0. The highest BCUT2D eigenvalue weighted by Crippen LogP contribution is 2.15. The van der Waals surface area contributed by atoms with E-state index in [0.717, 1.165) is 11.9 Å². The molecule has 1 saturated heterocycles. The summed E-state index contributed by atoms with van der Waals surface area (Å²) in [6.45, 7) is 3.32. The van der Waals surface area contributed by atoms with Crippen molar-refractivity contribution >= 4 is 11.8 Å². The molecule has 1 heterocycles. The van der Waals surface area contributed by atoms with Crippen LogP contribution in [0.3, 0.4) is 0 Å². The van der Waals surface area contributed by atoms with E-state index in [4.69, 9.17) is 4.74 Å². The standard InChI is InChI=1S/C7H15NOS/c1-9-3-2-4-10-7-5-8-6-7/h7-8H,2-6H2,1H3. The number of ether oxygens (including phenoxy) is 1. The minimum Gasteiger partial charge on any atom is -0.385 e. The molecular formula is C7H15NOS. The Morgan fingerprint density at radius 2 is 2.40 bits per heavy atom. The molecule has 1 aliphatic rings. The predicted octanol–water partition coefficient (Wildman–Crippen LogP) is 0.728. The van der Waals surface area contributed by atoms with E-state index in [1.807, 2.05) is 0 Å². The maximum Gasteiger partial charge on any atom is 0.0470 e. The average Bonchev–Trinajstić information content (AvgIpc) is 1.84. The zero-order chi connectivity index (χ0) is 7.23. The molecule has 0 aromatic heterocycles. The van der Waals surface area contributed by atoms with Gasteiger partial charge in [0, 0.05) is 32.1 Å². The van der Waals surface area contributed by atoms with Gasteiger partial charge in [0.05, 0.1) is 0 Å². The van der Waals surface area contributed by atoms with Crippen LogP contribution in [0, 0.1) is 0 Å². The van der Waals surface area contributed by atoms with Crippen molar-refractivity contribution in [3.63, 3.8) is 0 Å². The summed E-state index contributed by atoms with van der Waals surface area (Å²) in [5, 5.41) is 4.14. The molecule has 1 fully saturated rings. The molecule has 0 unspecified atom stereocenters. The van der Waals surface area contributed by atoms with Gasteiger partial charge in [0.1, 0.15) is 0 Å². The lowest BCUT2D eigenvalue weighted by Gasteiger charge is -2.26. The highest BCUT2D eigenvalue weighted by atomic mass is 32.2. The predicted molar refractivity (Wildman–Crippen MR) is 45.6 cm³/mol. The van der Waals surface area contributed by atoms with Gasteiger partial charge in [-0.25, -0.2) is 0 Å². The van der Waals surface area contributed by atoms with Crippen molar-refractivity contribution in [2.75, 3.05) is 32.6 Å². The minimum absolute atomic E-state index is 0.886. The largest absolute Gasteiger partial charge is 0.385 e. The first-order valence-electron chi connectivity index (χ1n) is 3.74. The lowest BCUT2D eigenvalue weighted by Crippen LogP contribution is -2.44. The Kier molecular flexibility index (Phi) is 4.18. The Morgan fingerprint density at radius 3 is 2.90 bits per heavy atom. The summed E-state index contributed by atoms with van der Waals surface area (Å²) in [5.74, 6) is 1.25. The van der Waals surface area contributed by atoms with Gasteiger partial charge < -0.3 is 10.1 Å². The maximum absolute atomic E-state index is 4.95. The van der Waals surface area contributed by atoms with Crippen LogP contribution < -0.4 is 5.32 Å². The number of hydrogen-bond donors (Lipinski definition) is 1. The number of methoxy groups -OCH3 is 1. The molecule has 0 spiro atoms. The van der Waals surface area contributed by atoms with E-state index in [2.05, 4.69) is 17.1 Å². The van der Waals surface area contributed by atoms with Gasteiger partial charge in [0.15, 0.2) is 0 Å². The van der Waals surface area contributed by atoms with Gasteiger partial charge >= 0.3 is 0 Å². The summed E-state index contributed by atoms with van der Waals surface area (Å²) in [6, 6.07) is 0. The molecule has 0 bridgehead atoms. The van der Waals surface area contributed by atoms with E-state index in [9.17, 15) is 0 Å². The number of rotatable bonds is 5. The van der Waals surface area contributed by atoms with Crippen LogP contribution in [-0.2, 0) is 4.74 Å². The number of nitrogens with one attached hydrogen (secondary N) is 1. The molecular weight excluding hydrogens is 146 g/mol. The van der Waals surface area contributed by atoms with Crippen LogP contribution in [-0.4, -0.2) is 37.8 Å². The minimum atomic E-state index is 0.886. The summed E-state index contributed by atoms with van der Waals surface area (Å²) < 4.78 is 4.95. The Labute approximate surface area is 66.7 Å². The van der Waals surface area contributed by atoms with Crippen molar-refractivity contribution < 1.29 is 4.74 Å². The van der Waals surface area contributed by atoms with Crippen LogP contribution in [0.15, 0.2) is 0 Å². The fourth-order valence-corrected chi connectivity index (χ4v) is 1.92. The first kappa shape index (κ1) is 8.37. The molecule has 3 heteroatoms. The molecule has 60 valence electrons. The molecule has 0 saturated carbocycles. The van der Waals surface area contributed by atoms with E-state index >= 15 is 0 Å². The van der Waals surface area contributed by atoms with Gasteiger partial charge in [-0.3, -0.25) is 0 Å². The Morgan fingerprint density at radius 1 is 1.60 bits per heavy atom. The molecule has 0 amide bonds. The lowest BCUT2D eigenvalue weighted by atomic mass is 10.3. The van der Waals surface area contributed by atoms with Crippen LogP contribution in [0.2, 0.25) is 0 Å². The van der Waals surface area contributed by atoms with Gasteiger partial charge in [-0.05, 0) is 12.2 Å². The number of thioether (sulfide) groups is 1. The van der Waals surface area contributed by atoms with Crippen LogP contribution in [0.5, 0.6) is 0 Å². The molecule has 0 aliphatic carbocycles. The second-order valence-electron chi connectivity index (χ2n) is 2.50. The first-order valence-corrected chi connectivity index (χ1v) is 4.79. The van der Waals surface area contributed by atoms with Crippen molar-refractivity contribution in [1.82, 2.24) is 5.32 Å². The van der Waals surface area contributed by atoms with Crippen molar-refractivity contribution in [3.05, 3.63) is 0 Å². The fourth-order valence-electron chi connectivity index (χ4n) is 0.833. The summed E-state index contributed by atoms with van der Waals surface area (Å²) >= 11 is 2.06. The molecule has 1 N–H and O–H groups in total. The molecule has 10 heavy (non-hydrogen) atoms. The zero-order valence-electron chi connectivity index (χ0n) is 6.43. The molecule has 0 atom stereocenters. The topological polar surface area (TPSA) is 21.3 Å². The highest BCUT2D eigenvalue weighted by molar-refractivity contribution is 8.00. The Balaban J connectivity index is 1.76. The third kappa shape index (κ3) is 2.90. The van der Waals surface area contributed by atoms with Crippen molar-refractivity contribution in [2.45, 2.75) is 11.7 Å². The van der Waals surface area contributed by atoms with E-state index in [-0.39, 0.29) is 0 Å². The van der Waals surface area contributed by atoms with Gasteiger partial charge in [0.2, 0.25) is 0 Å². The Hall–Kier alpha value is 0.270. The van der Waals surface area contributed by atoms with Crippen LogP contribution >= 0.6 is 11.8 Å². The normalized spacial score (nSPS) is 18.9. The van der Waals surface area contributed by atoms with E-state index in [0.29, 0.717) is 0 Å². The molecule has 0 radical (unpaired) electrons. The Bertz CT molecular complexity index is 85.7. The summed E-state index contributed by atoms with van der Waals surface area (Å²) in [7, 11) is 1.76. The van der Waals surface area contributed by atoms with E-state index < -0.39 is 0 Å². The third-order valence-electron chi connectivity index (χ3n) is 1.59. The smallest absolute Gasteiger partial charge is 0.0470 e. The second kappa shape index (κ2) is 4.99.